The number of piperidine rings is 1. The van der Waals surface area contributed by atoms with E-state index in [-0.39, 0.29) is 6.04 Å². The first kappa shape index (κ1) is 19.7. The number of nitrogens with zero attached hydrogens (tertiary/aromatic N) is 2. The van der Waals surface area contributed by atoms with Gasteiger partial charge in [-0.2, -0.15) is 4.31 Å². The first-order chi connectivity index (χ1) is 11.5. The fourth-order valence-corrected chi connectivity index (χ4v) is 5.16. The van der Waals surface area contributed by atoms with Crippen LogP contribution in [0.3, 0.4) is 0 Å². The Morgan fingerprint density at radius 1 is 1.25 bits per heavy atom. The molecule has 24 heavy (non-hydrogen) atoms. The SMILES string of the molecule is COCCCN(C1CCN(C)CC1)S(=O)(=O)c1ccc(SC)cc1. The van der Waals surface area contributed by atoms with E-state index in [9.17, 15) is 8.42 Å². The van der Waals surface area contributed by atoms with Crippen LogP contribution in [0.5, 0.6) is 0 Å². The van der Waals surface area contributed by atoms with Crippen molar-refractivity contribution in [1.29, 1.82) is 0 Å². The standard InChI is InChI=1S/C17H28N2O3S2/c1-18-12-9-15(10-13-18)19(11-4-14-22-2)24(20,21)17-7-5-16(23-3)6-8-17/h5-8,15H,4,9-14H2,1-3H3. The van der Waals surface area contributed by atoms with Crippen molar-refractivity contribution in [3.8, 4) is 0 Å². The van der Waals surface area contributed by atoms with Gasteiger partial charge in [0.15, 0.2) is 0 Å². The number of methoxy groups -OCH3 is 1. The molecule has 1 aromatic rings. The molecule has 0 aliphatic carbocycles. The second kappa shape index (κ2) is 9.20. The molecule has 0 bridgehead atoms. The Morgan fingerprint density at radius 3 is 2.42 bits per heavy atom. The zero-order valence-electron chi connectivity index (χ0n) is 14.8. The molecular formula is C17H28N2O3S2. The maximum atomic E-state index is 13.2. The molecule has 1 saturated heterocycles. The predicted octanol–water partition coefficient (Wildman–Crippen LogP) is 2.53. The number of rotatable bonds is 8. The molecule has 0 N–H and O–H groups in total. The lowest BCUT2D eigenvalue weighted by Gasteiger charge is -2.36. The Hall–Kier alpha value is -0.600. The zero-order valence-corrected chi connectivity index (χ0v) is 16.4. The topological polar surface area (TPSA) is 49.9 Å². The van der Waals surface area contributed by atoms with E-state index < -0.39 is 10.0 Å². The van der Waals surface area contributed by atoms with E-state index in [4.69, 9.17) is 4.74 Å². The highest BCUT2D eigenvalue weighted by atomic mass is 32.2. The smallest absolute Gasteiger partial charge is 0.243 e. The number of sulfonamides is 1. The van der Waals surface area contributed by atoms with Crippen LogP contribution in [0.1, 0.15) is 19.3 Å². The summed E-state index contributed by atoms with van der Waals surface area (Å²) in [7, 11) is 0.259. The third kappa shape index (κ3) is 4.95. The van der Waals surface area contributed by atoms with Crippen molar-refractivity contribution in [1.82, 2.24) is 9.21 Å². The Kier molecular flexibility index (Phi) is 7.56. The van der Waals surface area contributed by atoms with Gasteiger partial charge in [-0.05, 0) is 69.9 Å². The summed E-state index contributed by atoms with van der Waals surface area (Å²) in [4.78, 5) is 3.71. The molecule has 136 valence electrons. The molecule has 0 aromatic heterocycles. The van der Waals surface area contributed by atoms with Gasteiger partial charge in [0, 0.05) is 31.2 Å². The van der Waals surface area contributed by atoms with Gasteiger partial charge in [-0.15, -0.1) is 11.8 Å². The Labute approximate surface area is 150 Å². The number of thioether (sulfide) groups is 1. The highest BCUT2D eigenvalue weighted by molar-refractivity contribution is 7.98. The minimum atomic E-state index is -3.47. The van der Waals surface area contributed by atoms with Gasteiger partial charge in [-0.3, -0.25) is 0 Å². The number of benzene rings is 1. The number of hydrogen-bond donors (Lipinski definition) is 0. The van der Waals surface area contributed by atoms with Crippen LogP contribution in [0.4, 0.5) is 0 Å². The maximum absolute atomic E-state index is 13.2. The summed E-state index contributed by atoms with van der Waals surface area (Å²) in [6.45, 7) is 2.96. The summed E-state index contributed by atoms with van der Waals surface area (Å²) in [5, 5.41) is 0. The van der Waals surface area contributed by atoms with Crippen LogP contribution in [0.2, 0.25) is 0 Å². The third-order valence-electron chi connectivity index (χ3n) is 4.49. The van der Waals surface area contributed by atoms with Crippen molar-refractivity contribution in [3.05, 3.63) is 24.3 Å². The van der Waals surface area contributed by atoms with Crippen molar-refractivity contribution in [3.63, 3.8) is 0 Å². The fraction of sp³-hybridized carbons (Fsp3) is 0.647. The first-order valence-electron chi connectivity index (χ1n) is 8.32. The Balaban J connectivity index is 2.22. The molecule has 0 unspecified atom stereocenters. The lowest BCUT2D eigenvalue weighted by molar-refractivity contribution is 0.157. The van der Waals surface area contributed by atoms with Crippen LogP contribution in [-0.4, -0.2) is 70.3 Å². The summed E-state index contributed by atoms with van der Waals surface area (Å²) < 4.78 is 33.2. The third-order valence-corrected chi connectivity index (χ3v) is 7.20. The minimum absolute atomic E-state index is 0.0725. The summed E-state index contributed by atoms with van der Waals surface area (Å²) in [6.07, 6.45) is 4.46. The molecule has 0 radical (unpaired) electrons. The number of likely N-dealkylation sites (tertiary alicyclic amines) is 1. The number of ether oxygens (including phenoxy) is 1. The largest absolute Gasteiger partial charge is 0.385 e. The molecule has 2 rings (SSSR count). The molecule has 1 fully saturated rings. The molecule has 0 atom stereocenters. The fourth-order valence-electron chi connectivity index (χ4n) is 3.03. The summed E-state index contributed by atoms with van der Waals surface area (Å²) in [5.74, 6) is 0. The normalized spacial score (nSPS) is 17.5. The van der Waals surface area contributed by atoms with Gasteiger partial charge in [-0.1, -0.05) is 0 Å². The van der Waals surface area contributed by atoms with Gasteiger partial charge in [0.25, 0.3) is 0 Å². The van der Waals surface area contributed by atoms with Crippen molar-refractivity contribution in [2.24, 2.45) is 0 Å². The maximum Gasteiger partial charge on any atom is 0.243 e. The molecule has 0 saturated carbocycles. The molecule has 1 aromatic carbocycles. The molecule has 0 amide bonds. The molecule has 1 heterocycles. The van der Waals surface area contributed by atoms with E-state index in [2.05, 4.69) is 11.9 Å². The van der Waals surface area contributed by atoms with E-state index in [0.29, 0.717) is 24.5 Å². The van der Waals surface area contributed by atoms with Gasteiger partial charge in [0.1, 0.15) is 0 Å². The minimum Gasteiger partial charge on any atom is -0.385 e. The van der Waals surface area contributed by atoms with E-state index >= 15 is 0 Å². The van der Waals surface area contributed by atoms with E-state index in [1.807, 2.05) is 18.4 Å². The van der Waals surface area contributed by atoms with E-state index in [1.54, 1.807) is 35.3 Å². The van der Waals surface area contributed by atoms with Crippen LogP contribution in [-0.2, 0) is 14.8 Å². The van der Waals surface area contributed by atoms with Crippen molar-refractivity contribution >= 4 is 21.8 Å². The second-order valence-corrected chi connectivity index (χ2v) is 8.94. The summed E-state index contributed by atoms with van der Waals surface area (Å²) in [6, 6.07) is 7.26. The molecule has 0 spiro atoms. The van der Waals surface area contributed by atoms with Gasteiger partial charge < -0.3 is 9.64 Å². The van der Waals surface area contributed by atoms with Gasteiger partial charge in [0.05, 0.1) is 4.90 Å². The molecule has 1 aliphatic rings. The van der Waals surface area contributed by atoms with E-state index in [0.717, 1.165) is 30.8 Å². The highest BCUT2D eigenvalue weighted by Gasteiger charge is 2.32. The predicted molar refractivity (Wildman–Crippen MR) is 99.1 cm³/mol. The Bertz CT molecular complexity index is 597. The highest BCUT2D eigenvalue weighted by Crippen LogP contribution is 2.26. The van der Waals surface area contributed by atoms with Crippen LogP contribution >= 0.6 is 11.8 Å². The van der Waals surface area contributed by atoms with Crippen LogP contribution in [0.25, 0.3) is 0 Å². The van der Waals surface area contributed by atoms with Crippen LogP contribution in [0.15, 0.2) is 34.1 Å². The van der Waals surface area contributed by atoms with Gasteiger partial charge in [-0.25, -0.2) is 8.42 Å². The molecular weight excluding hydrogens is 344 g/mol. The van der Waals surface area contributed by atoms with Crippen LogP contribution in [0, 0.1) is 0 Å². The lowest BCUT2D eigenvalue weighted by atomic mass is 10.1. The lowest BCUT2D eigenvalue weighted by Crippen LogP contribution is -2.47. The molecule has 7 heteroatoms. The van der Waals surface area contributed by atoms with Gasteiger partial charge >= 0.3 is 0 Å². The van der Waals surface area contributed by atoms with Crippen LogP contribution < -0.4 is 0 Å². The average Bonchev–Trinajstić information content (AvgIpc) is 2.60. The van der Waals surface area contributed by atoms with Crippen molar-refractivity contribution in [2.45, 2.75) is 35.1 Å². The second-order valence-electron chi connectivity index (χ2n) is 6.17. The zero-order chi connectivity index (χ0) is 17.6. The average molecular weight is 373 g/mol. The first-order valence-corrected chi connectivity index (χ1v) is 11.0. The van der Waals surface area contributed by atoms with E-state index in [1.165, 1.54) is 0 Å². The Morgan fingerprint density at radius 2 is 1.88 bits per heavy atom. The van der Waals surface area contributed by atoms with Crippen molar-refractivity contribution in [2.75, 3.05) is 46.7 Å². The van der Waals surface area contributed by atoms with Crippen molar-refractivity contribution < 1.29 is 13.2 Å². The molecule has 5 nitrogen and oxygen atoms in total. The monoisotopic (exact) mass is 372 g/mol. The summed E-state index contributed by atoms with van der Waals surface area (Å²) >= 11 is 1.61. The number of hydrogen-bond acceptors (Lipinski definition) is 5. The van der Waals surface area contributed by atoms with Gasteiger partial charge in [0.2, 0.25) is 10.0 Å². The summed E-state index contributed by atoms with van der Waals surface area (Å²) in [5.41, 5.74) is 0. The quantitative estimate of drug-likeness (QED) is 0.518. The molecule has 1 aliphatic heterocycles.